The van der Waals surface area contributed by atoms with Crippen LogP contribution in [0.5, 0.6) is 0 Å². The van der Waals surface area contributed by atoms with Crippen LogP contribution in [0.3, 0.4) is 0 Å². The monoisotopic (exact) mass is 151 g/mol. The molecule has 0 bridgehead atoms. The van der Waals surface area contributed by atoms with E-state index in [9.17, 15) is 0 Å². The van der Waals surface area contributed by atoms with Gasteiger partial charge < -0.3 is 5.21 Å². The summed E-state index contributed by atoms with van der Waals surface area (Å²) in [5.41, 5.74) is 6.44. The van der Waals surface area contributed by atoms with Gasteiger partial charge in [-0.05, 0) is 5.56 Å². The van der Waals surface area contributed by atoms with Gasteiger partial charge in [-0.2, -0.15) is 0 Å². The van der Waals surface area contributed by atoms with Crippen LogP contribution in [0.25, 0.3) is 0 Å². The van der Waals surface area contributed by atoms with Gasteiger partial charge in [0.2, 0.25) is 0 Å². The molecular weight excluding hydrogens is 140 g/mol. The van der Waals surface area contributed by atoms with Crippen LogP contribution in [0.4, 0.5) is 0 Å². The standard InChI is InChI=1S/C8H10N2O/c9-8(10-11)6-7-4-2-1-3-5-7/h1-5,11H,6H2,(H2,9,10)/p+1. The molecule has 4 N–H and O–H groups in total. The highest BCUT2D eigenvalue weighted by Crippen LogP contribution is 1.97. The van der Waals surface area contributed by atoms with Crippen LogP contribution in [0, 0.1) is 0 Å². The predicted molar refractivity (Wildman–Crippen MR) is 42.1 cm³/mol. The zero-order valence-electron chi connectivity index (χ0n) is 6.12. The molecule has 0 atom stereocenters. The molecule has 58 valence electrons. The molecule has 3 nitrogen and oxygen atoms in total. The molecule has 0 saturated heterocycles. The van der Waals surface area contributed by atoms with Crippen molar-refractivity contribution in [3.8, 4) is 0 Å². The number of rotatable bonds is 2. The minimum absolute atomic E-state index is 0.358. The maximum Gasteiger partial charge on any atom is 0.283 e. The summed E-state index contributed by atoms with van der Waals surface area (Å²) in [6.07, 6.45) is 0.553. The minimum atomic E-state index is 0.358. The maximum absolute atomic E-state index is 8.38. The van der Waals surface area contributed by atoms with E-state index in [1.54, 1.807) is 0 Å². The van der Waals surface area contributed by atoms with Crippen molar-refractivity contribution < 1.29 is 10.4 Å². The molecule has 11 heavy (non-hydrogen) atoms. The second kappa shape index (κ2) is 3.61. The van der Waals surface area contributed by atoms with Crippen molar-refractivity contribution in [1.82, 2.24) is 0 Å². The van der Waals surface area contributed by atoms with Crippen LogP contribution in [0.2, 0.25) is 0 Å². The van der Waals surface area contributed by atoms with Crippen molar-refractivity contribution in [3.63, 3.8) is 0 Å². The summed E-state index contributed by atoms with van der Waals surface area (Å²) in [6.45, 7) is 0. The Bertz CT molecular complexity index is 244. The molecule has 1 rings (SSSR count). The zero-order chi connectivity index (χ0) is 8.10. The second-order valence-electron chi connectivity index (χ2n) is 2.30. The first kappa shape index (κ1) is 7.60. The van der Waals surface area contributed by atoms with Gasteiger partial charge in [-0.15, -0.1) is 0 Å². The summed E-state index contributed by atoms with van der Waals surface area (Å²) in [7, 11) is 0. The molecule has 1 aromatic carbocycles. The van der Waals surface area contributed by atoms with Gasteiger partial charge in [0.1, 0.15) is 0 Å². The lowest BCUT2D eigenvalue weighted by Gasteiger charge is -1.93. The number of hydrogen-bond acceptors (Lipinski definition) is 1. The Hall–Kier alpha value is -1.51. The molecule has 1 aromatic rings. The highest BCUT2D eigenvalue weighted by atomic mass is 16.4. The van der Waals surface area contributed by atoms with Gasteiger partial charge in [-0.1, -0.05) is 35.5 Å². The van der Waals surface area contributed by atoms with E-state index in [-0.39, 0.29) is 0 Å². The first-order chi connectivity index (χ1) is 5.33. The Balaban J connectivity index is 2.65. The van der Waals surface area contributed by atoms with Gasteiger partial charge in [0.15, 0.2) is 0 Å². The lowest BCUT2D eigenvalue weighted by Crippen LogP contribution is -2.72. The average Bonchev–Trinajstić information content (AvgIpc) is 2.06. The lowest BCUT2D eigenvalue weighted by atomic mass is 10.1. The first-order valence-corrected chi connectivity index (χ1v) is 3.38. The number of benzene rings is 1. The van der Waals surface area contributed by atoms with Crippen LogP contribution in [0.15, 0.2) is 30.3 Å². The third kappa shape index (κ3) is 2.29. The molecule has 3 heteroatoms. The fraction of sp³-hybridized carbons (Fsp3) is 0.125. The average molecular weight is 151 g/mol. The van der Waals surface area contributed by atoms with Crippen molar-refractivity contribution >= 4 is 5.84 Å². The molecule has 0 saturated carbocycles. The van der Waals surface area contributed by atoms with Crippen molar-refractivity contribution in [2.75, 3.05) is 0 Å². The van der Waals surface area contributed by atoms with Crippen LogP contribution in [-0.4, -0.2) is 11.0 Å². The minimum Gasteiger partial charge on any atom is -0.357 e. The molecule has 0 aliphatic carbocycles. The van der Waals surface area contributed by atoms with Gasteiger partial charge in [-0.3, -0.25) is 5.73 Å². The Morgan fingerprint density at radius 1 is 1.36 bits per heavy atom. The van der Waals surface area contributed by atoms with Crippen molar-refractivity contribution in [2.45, 2.75) is 6.42 Å². The van der Waals surface area contributed by atoms with E-state index >= 15 is 0 Å². The SMILES string of the molecule is NC(Cc1ccccc1)=[NH+]O. The Morgan fingerprint density at radius 2 is 2.00 bits per heavy atom. The van der Waals surface area contributed by atoms with E-state index in [1.165, 1.54) is 0 Å². The molecule has 0 heterocycles. The van der Waals surface area contributed by atoms with E-state index in [0.29, 0.717) is 12.3 Å². The Labute approximate surface area is 65.1 Å². The fourth-order valence-electron chi connectivity index (χ4n) is 0.855. The van der Waals surface area contributed by atoms with Crippen molar-refractivity contribution in [3.05, 3.63) is 35.9 Å². The van der Waals surface area contributed by atoms with Crippen LogP contribution >= 0.6 is 0 Å². The van der Waals surface area contributed by atoms with E-state index < -0.39 is 0 Å². The molecule has 0 fully saturated rings. The van der Waals surface area contributed by atoms with E-state index in [0.717, 1.165) is 5.56 Å². The summed E-state index contributed by atoms with van der Waals surface area (Å²) in [6, 6.07) is 9.69. The normalized spacial score (nSPS) is 11.5. The van der Waals surface area contributed by atoms with Crippen molar-refractivity contribution in [1.29, 1.82) is 0 Å². The van der Waals surface area contributed by atoms with Crippen LogP contribution in [0.1, 0.15) is 5.56 Å². The van der Waals surface area contributed by atoms with E-state index in [4.69, 9.17) is 10.9 Å². The highest BCUT2D eigenvalue weighted by Gasteiger charge is 1.99. The van der Waals surface area contributed by atoms with E-state index in [1.807, 2.05) is 35.5 Å². The maximum atomic E-state index is 8.38. The van der Waals surface area contributed by atoms with Gasteiger partial charge >= 0.3 is 0 Å². The molecule has 0 aliphatic heterocycles. The molecule has 0 amide bonds. The summed E-state index contributed by atoms with van der Waals surface area (Å²) in [5.74, 6) is 0.358. The van der Waals surface area contributed by atoms with Crippen molar-refractivity contribution in [2.24, 2.45) is 5.73 Å². The van der Waals surface area contributed by atoms with Gasteiger partial charge in [0, 0.05) is 0 Å². The number of amidine groups is 1. The van der Waals surface area contributed by atoms with Gasteiger partial charge in [0.05, 0.1) is 6.42 Å². The lowest BCUT2D eigenvalue weighted by molar-refractivity contribution is -0.738. The van der Waals surface area contributed by atoms with Gasteiger partial charge in [-0.25, -0.2) is 0 Å². The second-order valence-corrected chi connectivity index (χ2v) is 2.30. The predicted octanol–water partition coefficient (Wildman–Crippen LogP) is -0.944. The smallest absolute Gasteiger partial charge is 0.283 e. The first-order valence-electron chi connectivity index (χ1n) is 3.38. The third-order valence-electron chi connectivity index (χ3n) is 1.38. The van der Waals surface area contributed by atoms with E-state index in [2.05, 4.69) is 0 Å². The molecule has 0 aliphatic rings. The zero-order valence-corrected chi connectivity index (χ0v) is 6.12. The quantitative estimate of drug-likeness (QED) is 0.221. The Kier molecular flexibility index (Phi) is 2.49. The summed E-state index contributed by atoms with van der Waals surface area (Å²) in [4.78, 5) is 0. The third-order valence-corrected chi connectivity index (χ3v) is 1.38. The summed E-state index contributed by atoms with van der Waals surface area (Å²) >= 11 is 0. The van der Waals surface area contributed by atoms with Gasteiger partial charge in [0.25, 0.3) is 5.84 Å². The largest absolute Gasteiger partial charge is 0.357 e. The number of hydrogen-bond donors (Lipinski definition) is 3. The fourth-order valence-corrected chi connectivity index (χ4v) is 0.855. The van der Waals surface area contributed by atoms with Crippen LogP contribution in [-0.2, 0) is 6.42 Å². The molecule has 0 spiro atoms. The molecular formula is C8H11N2O+. The highest BCUT2D eigenvalue weighted by molar-refractivity contribution is 5.76. The molecule has 0 aromatic heterocycles. The summed E-state index contributed by atoms with van der Waals surface area (Å²) in [5, 5.41) is 10.3. The molecule has 0 radical (unpaired) electrons. The Morgan fingerprint density at radius 3 is 2.55 bits per heavy atom. The number of nitrogens with two attached hydrogens (primary N) is 1. The number of nitrogens with one attached hydrogen (secondary N) is 1. The molecule has 0 unspecified atom stereocenters. The van der Waals surface area contributed by atoms with Crippen LogP contribution < -0.4 is 10.9 Å². The topological polar surface area (TPSA) is 60.2 Å². The summed E-state index contributed by atoms with van der Waals surface area (Å²) < 4.78 is 0.